The molecule has 0 spiro atoms. The molecule has 1 aromatic heterocycles. The van der Waals surface area contributed by atoms with Crippen molar-refractivity contribution >= 4 is 21.8 Å². The number of amidine groups is 1. The Hall–Kier alpha value is -1.92. The second-order valence-electron chi connectivity index (χ2n) is 4.23. The largest absolute Gasteiger partial charge is 0.409 e. The van der Waals surface area contributed by atoms with Gasteiger partial charge in [-0.2, -0.15) is 0 Å². The summed E-state index contributed by atoms with van der Waals surface area (Å²) in [5.74, 6) is 0.0117. The Balaban J connectivity index is 1.96. The Labute approximate surface area is 125 Å². The van der Waals surface area contributed by atoms with E-state index in [1.807, 2.05) is 24.3 Å². The molecule has 1 heterocycles. The minimum atomic E-state index is 0.0117. The second-order valence-corrected chi connectivity index (χ2v) is 5.08. The highest BCUT2D eigenvalue weighted by molar-refractivity contribution is 9.10. The first-order chi connectivity index (χ1) is 9.70. The van der Waals surface area contributed by atoms with Gasteiger partial charge in [-0.15, -0.1) is 0 Å². The van der Waals surface area contributed by atoms with Crippen LogP contribution >= 0.6 is 15.9 Å². The number of nitrogens with one attached hydrogen (secondary N) is 1. The molecule has 0 saturated heterocycles. The minimum absolute atomic E-state index is 0.0117. The molecule has 0 amide bonds. The molecule has 0 aliphatic rings. The molecule has 0 aliphatic heterocycles. The van der Waals surface area contributed by atoms with Gasteiger partial charge in [0.15, 0.2) is 5.84 Å². The van der Waals surface area contributed by atoms with Crippen LogP contribution in [0.4, 0.5) is 0 Å². The van der Waals surface area contributed by atoms with Crippen LogP contribution in [0.2, 0.25) is 0 Å². The normalized spacial score (nSPS) is 11.6. The number of rotatable bonds is 5. The molecule has 0 fully saturated rings. The summed E-state index contributed by atoms with van der Waals surface area (Å²) >= 11 is 3.51. The number of pyridine rings is 1. The van der Waals surface area contributed by atoms with E-state index in [1.165, 1.54) is 5.56 Å². The Kier molecular flexibility index (Phi) is 5.09. The zero-order valence-electron chi connectivity index (χ0n) is 10.8. The van der Waals surface area contributed by atoms with Crippen molar-refractivity contribution in [2.24, 2.45) is 10.9 Å². The monoisotopic (exact) mass is 334 g/mol. The third-order valence-electron chi connectivity index (χ3n) is 2.80. The van der Waals surface area contributed by atoms with Gasteiger partial charge in [0.2, 0.25) is 0 Å². The van der Waals surface area contributed by atoms with E-state index in [0.717, 1.165) is 16.6 Å². The summed E-state index contributed by atoms with van der Waals surface area (Å²) in [4.78, 5) is 4.04. The predicted molar refractivity (Wildman–Crippen MR) is 81.4 cm³/mol. The molecule has 0 unspecified atom stereocenters. The van der Waals surface area contributed by atoms with E-state index in [0.29, 0.717) is 12.2 Å². The van der Waals surface area contributed by atoms with E-state index in [-0.39, 0.29) is 5.84 Å². The second kappa shape index (κ2) is 7.02. The zero-order chi connectivity index (χ0) is 14.4. The Bertz CT molecular complexity index is 616. The molecule has 5 nitrogen and oxygen atoms in total. The highest BCUT2D eigenvalue weighted by atomic mass is 79.9. The number of halogens is 1. The van der Waals surface area contributed by atoms with Gasteiger partial charge < -0.3 is 16.3 Å². The lowest BCUT2D eigenvalue weighted by molar-refractivity contribution is 0.318. The van der Waals surface area contributed by atoms with Crippen LogP contribution in [-0.4, -0.2) is 16.0 Å². The van der Waals surface area contributed by atoms with Crippen LogP contribution in [0.5, 0.6) is 0 Å². The summed E-state index contributed by atoms with van der Waals surface area (Å²) < 4.78 is 1.08. The molecular weight excluding hydrogens is 320 g/mol. The molecular formula is C14H15BrN4O. The SMILES string of the molecule is NC(=NO)c1cc(CNCc2ccccc2Br)ccn1. The predicted octanol–water partition coefficient (Wildman–Crippen LogP) is 2.23. The zero-order valence-corrected chi connectivity index (χ0v) is 12.3. The summed E-state index contributed by atoms with van der Waals surface area (Å²) in [5.41, 5.74) is 8.19. The van der Waals surface area contributed by atoms with Gasteiger partial charge in [-0.05, 0) is 29.3 Å². The van der Waals surface area contributed by atoms with Crippen LogP contribution in [-0.2, 0) is 13.1 Å². The van der Waals surface area contributed by atoms with E-state index in [9.17, 15) is 0 Å². The number of benzene rings is 1. The lowest BCUT2D eigenvalue weighted by Gasteiger charge is -2.07. The van der Waals surface area contributed by atoms with Gasteiger partial charge >= 0.3 is 0 Å². The van der Waals surface area contributed by atoms with Crippen LogP contribution in [0.25, 0.3) is 0 Å². The van der Waals surface area contributed by atoms with Gasteiger partial charge in [0.05, 0.1) is 0 Å². The van der Waals surface area contributed by atoms with Gasteiger partial charge in [-0.3, -0.25) is 4.98 Å². The standard InChI is InChI=1S/C14H15BrN4O/c15-12-4-2-1-3-11(12)9-17-8-10-5-6-18-13(7-10)14(16)19-20/h1-7,17,20H,8-9H2,(H2,16,19). The summed E-state index contributed by atoms with van der Waals surface area (Å²) in [6.45, 7) is 1.43. The van der Waals surface area contributed by atoms with E-state index >= 15 is 0 Å². The molecule has 0 atom stereocenters. The summed E-state index contributed by atoms with van der Waals surface area (Å²) in [7, 11) is 0. The van der Waals surface area contributed by atoms with Crippen LogP contribution in [0.1, 0.15) is 16.8 Å². The number of hydrogen-bond acceptors (Lipinski definition) is 4. The quantitative estimate of drug-likeness (QED) is 0.339. The lowest BCUT2D eigenvalue weighted by atomic mass is 10.2. The molecule has 20 heavy (non-hydrogen) atoms. The van der Waals surface area contributed by atoms with Crippen LogP contribution in [0, 0.1) is 0 Å². The number of hydrogen-bond donors (Lipinski definition) is 3. The average molecular weight is 335 g/mol. The molecule has 2 aromatic rings. The summed E-state index contributed by atoms with van der Waals surface area (Å²) in [5, 5.41) is 14.9. The molecule has 0 radical (unpaired) electrons. The molecule has 104 valence electrons. The molecule has 2 rings (SSSR count). The molecule has 1 aromatic carbocycles. The lowest BCUT2D eigenvalue weighted by Crippen LogP contribution is -2.17. The number of nitrogens with two attached hydrogens (primary N) is 1. The van der Waals surface area contributed by atoms with Crippen molar-refractivity contribution in [1.29, 1.82) is 0 Å². The highest BCUT2D eigenvalue weighted by Crippen LogP contribution is 2.15. The topological polar surface area (TPSA) is 83.5 Å². The van der Waals surface area contributed by atoms with E-state index in [4.69, 9.17) is 10.9 Å². The van der Waals surface area contributed by atoms with Crippen LogP contribution < -0.4 is 11.1 Å². The fraction of sp³-hybridized carbons (Fsp3) is 0.143. The van der Waals surface area contributed by atoms with Crippen molar-refractivity contribution in [2.75, 3.05) is 0 Å². The maximum Gasteiger partial charge on any atom is 0.188 e. The minimum Gasteiger partial charge on any atom is -0.409 e. The fourth-order valence-corrected chi connectivity index (χ4v) is 2.18. The Morgan fingerprint density at radius 1 is 1.30 bits per heavy atom. The third-order valence-corrected chi connectivity index (χ3v) is 3.57. The first-order valence-corrected chi connectivity index (χ1v) is 6.87. The Morgan fingerprint density at radius 3 is 2.85 bits per heavy atom. The number of oxime groups is 1. The molecule has 0 bridgehead atoms. The van der Waals surface area contributed by atoms with Crippen molar-refractivity contribution in [3.63, 3.8) is 0 Å². The van der Waals surface area contributed by atoms with Gasteiger partial charge in [-0.25, -0.2) is 0 Å². The average Bonchev–Trinajstić information content (AvgIpc) is 2.49. The number of nitrogens with zero attached hydrogens (tertiary/aromatic N) is 2. The van der Waals surface area contributed by atoms with E-state index < -0.39 is 0 Å². The van der Waals surface area contributed by atoms with Gasteiger partial charge in [0.1, 0.15) is 5.69 Å². The molecule has 0 saturated carbocycles. The summed E-state index contributed by atoms with van der Waals surface area (Å²) in [6, 6.07) is 11.7. The van der Waals surface area contributed by atoms with Crippen molar-refractivity contribution in [3.8, 4) is 0 Å². The van der Waals surface area contributed by atoms with Crippen molar-refractivity contribution in [3.05, 3.63) is 63.9 Å². The third kappa shape index (κ3) is 3.79. The first-order valence-electron chi connectivity index (χ1n) is 6.07. The van der Waals surface area contributed by atoms with Gasteiger partial charge in [0.25, 0.3) is 0 Å². The molecule has 6 heteroatoms. The summed E-state index contributed by atoms with van der Waals surface area (Å²) in [6.07, 6.45) is 1.64. The highest BCUT2D eigenvalue weighted by Gasteiger charge is 2.03. The smallest absolute Gasteiger partial charge is 0.188 e. The van der Waals surface area contributed by atoms with Crippen LogP contribution in [0.3, 0.4) is 0 Å². The van der Waals surface area contributed by atoms with Gasteiger partial charge in [-0.1, -0.05) is 39.3 Å². The van der Waals surface area contributed by atoms with Gasteiger partial charge in [0, 0.05) is 23.8 Å². The Morgan fingerprint density at radius 2 is 2.10 bits per heavy atom. The number of aromatic nitrogens is 1. The van der Waals surface area contributed by atoms with E-state index in [2.05, 4.69) is 37.5 Å². The van der Waals surface area contributed by atoms with Crippen LogP contribution in [0.15, 0.2) is 52.2 Å². The van der Waals surface area contributed by atoms with E-state index in [1.54, 1.807) is 12.3 Å². The van der Waals surface area contributed by atoms with Crippen molar-refractivity contribution in [1.82, 2.24) is 10.3 Å². The maximum atomic E-state index is 8.64. The molecule has 4 N–H and O–H groups in total. The van der Waals surface area contributed by atoms with Crippen molar-refractivity contribution < 1.29 is 5.21 Å². The van der Waals surface area contributed by atoms with Crippen molar-refractivity contribution in [2.45, 2.75) is 13.1 Å². The fourth-order valence-electron chi connectivity index (χ4n) is 1.76. The maximum absolute atomic E-state index is 8.64. The molecule has 0 aliphatic carbocycles. The first kappa shape index (κ1) is 14.5.